The molecule has 0 bridgehead atoms. The van der Waals surface area contributed by atoms with E-state index in [1.807, 2.05) is 12.2 Å². The first-order valence-corrected chi connectivity index (χ1v) is 9.06. The molecule has 28 heavy (non-hydrogen) atoms. The molecule has 144 valence electrons. The van der Waals surface area contributed by atoms with Crippen molar-refractivity contribution in [2.45, 2.75) is 18.9 Å². The number of imidazole rings is 1. The summed E-state index contributed by atoms with van der Waals surface area (Å²) in [5.41, 5.74) is 2.59. The van der Waals surface area contributed by atoms with Gasteiger partial charge in [-0.2, -0.15) is 0 Å². The maximum Gasteiger partial charge on any atom is 0.291 e. The monoisotopic (exact) mass is 398 g/mol. The second-order valence-electron chi connectivity index (χ2n) is 6.22. The van der Waals surface area contributed by atoms with Crippen LogP contribution < -0.4 is 0 Å². The van der Waals surface area contributed by atoms with Gasteiger partial charge in [-0.3, -0.25) is 4.79 Å². The Morgan fingerprint density at radius 3 is 3.21 bits per heavy atom. The normalized spacial score (nSPS) is 20.1. The van der Waals surface area contributed by atoms with Crippen LogP contribution in [-0.2, 0) is 23.6 Å². The molecule has 9 nitrogen and oxygen atoms in total. The first-order chi connectivity index (χ1) is 13.7. The summed E-state index contributed by atoms with van der Waals surface area (Å²) in [5, 5.41) is 1.56. The molecule has 2 aromatic heterocycles. The molecule has 10 heteroatoms. The van der Waals surface area contributed by atoms with Crippen molar-refractivity contribution in [1.29, 1.82) is 0 Å². The van der Waals surface area contributed by atoms with E-state index < -0.39 is 0 Å². The van der Waals surface area contributed by atoms with E-state index in [9.17, 15) is 4.79 Å². The van der Waals surface area contributed by atoms with Gasteiger partial charge in [-0.25, -0.2) is 15.0 Å². The van der Waals surface area contributed by atoms with Crippen LogP contribution in [0.15, 0.2) is 63.7 Å². The number of ether oxygens (including phenoxy) is 1. The van der Waals surface area contributed by atoms with Crippen molar-refractivity contribution >= 4 is 18.3 Å². The Morgan fingerprint density at radius 1 is 1.57 bits per heavy atom. The molecule has 0 radical (unpaired) electrons. The number of nitrogens with one attached hydrogen (secondary N) is 1. The number of nitrogens with zero attached hydrogens (tertiary/aromatic N) is 5. The Kier molecular flexibility index (Phi) is 5.02. The highest BCUT2D eigenvalue weighted by molar-refractivity contribution is 7.47. The average molecular weight is 398 g/mol. The number of H-pyrrole nitrogens is 1. The summed E-state index contributed by atoms with van der Waals surface area (Å²) < 4.78 is 14.5. The molecule has 0 aliphatic carbocycles. The number of aromatic amines is 1. The van der Waals surface area contributed by atoms with Gasteiger partial charge >= 0.3 is 0 Å². The van der Waals surface area contributed by atoms with Crippen LogP contribution in [-0.4, -0.2) is 44.4 Å². The van der Waals surface area contributed by atoms with Crippen LogP contribution in [0.2, 0.25) is 0 Å². The number of fused-ring (bicyclic) bond motifs is 1. The molecule has 0 aromatic carbocycles. The number of allylic oxidation sites excluding steroid dienone is 2. The van der Waals surface area contributed by atoms with E-state index in [0.717, 1.165) is 17.1 Å². The molecule has 4 heterocycles. The largest absolute Gasteiger partial charge is 0.495 e. The van der Waals surface area contributed by atoms with Crippen molar-refractivity contribution in [2.24, 2.45) is 4.47 Å². The molecule has 1 N–H and O–H groups in total. The predicted molar refractivity (Wildman–Crippen MR) is 101 cm³/mol. The van der Waals surface area contributed by atoms with Crippen molar-refractivity contribution in [3.8, 4) is 0 Å². The van der Waals surface area contributed by atoms with Gasteiger partial charge in [0.2, 0.25) is 5.76 Å². The van der Waals surface area contributed by atoms with Crippen LogP contribution in [0.25, 0.3) is 0 Å². The predicted octanol–water partition coefficient (Wildman–Crippen LogP) is 2.42. The lowest BCUT2D eigenvalue weighted by molar-refractivity contribution is 0.0624. The zero-order valence-corrected chi connectivity index (χ0v) is 15.9. The standard InChI is InChI=1S/C18H18N6O3S/c1-26-15-3-2-7-24(22-28)13(15)4-5-14-17-12(20-10-21-17)6-8-23(14)18(25)16-9-19-11-27-16/h2-4,7,9-11,14H,5-6,8H2,1H3,(H,20,21)/b13-4-/t14-/m0/s1. The Hall–Kier alpha value is -3.27. The van der Waals surface area contributed by atoms with Crippen LogP contribution in [0, 0.1) is 0 Å². The fraction of sp³-hybridized carbons (Fsp3) is 0.278. The topological polar surface area (TPSA) is 99.8 Å². The minimum atomic E-state index is -0.268. The first-order valence-electron chi connectivity index (χ1n) is 8.70. The van der Waals surface area contributed by atoms with E-state index in [2.05, 4.69) is 19.4 Å². The lowest BCUT2D eigenvalue weighted by atomic mass is 9.98. The molecule has 1 amide bonds. The second-order valence-corrected chi connectivity index (χ2v) is 6.39. The van der Waals surface area contributed by atoms with Gasteiger partial charge in [-0.05, 0) is 18.6 Å². The van der Waals surface area contributed by atoms with Gasteiger partial charge in [0.15, 0.2) is 6.39 Å². The third-order valence-corrected chi connectivity index (χ3v) is 4.94. The molecule has 0 saturated carbocycles. The number of amides is 1. The average Bonchev–Trinajstić information content (AvgIpc) is 3.43. The highest BCUT2D eigenvalue weighted by Gasteiger charge is 2.34. The summed E-state index contributed by atoms with van der Waals surface area (Å²) in [6, 6.07) is -0.268. The summed E-state index contributed by atoms with van der Waals surface area (Å²) in [7, 11) is 1.59. The summed E-state index contributed by atoms with van der Waals surface area (Å²) in [5.74, 6) is 0.629. The molecule has 2 aliphatic heterocycles. The lowest BCUT2D eigenvalue weighted by Gasteiger charge is -2.34. The van der Waals surface area contributed by atoms with Crippen molar-refractivity contribution < 1.29 is 13.9 Å². The summed E-state index contributed by atoms with van der Waals surface area (Å²) in [6.45, 7) is 0.546. The molecule has 4 rings (SSSR count). The molecule has 2 aromatic rings. The van der Waals surface area contributed by atoms with Crippen molar-refractivity contribution in [3.05, 3.63) is 72.0 Å². The fourth-order valence-electron chi connectivity index (χ4n) is 3.45. The number of oxazole rings is 1. The van der Waals surface area contributed by atoms with E-state index in [0.29, 0.717) is 25.1 Å². The van der Waals surface area contributed by atoms with E-state index >= 15 is 0 Å². The number of hydrogen-bond acceptors (Lipinski definition) is 7. The van der Waals surface area contributed by atoms with Crippen LogP contribution in [0.3, 0.4) is 0 Å². The molecule has 1 atom stereocenters. The SMILES string of the molecule is COC1=CC=CN(N=S)/C1=C\C[C@H]1c2nc[nH]c2CCN1C(=O)c1cnco1. The highest BCUT2D eigenvalue weighted by Crippen LogP contribution is 2.33. The van der Waals surface area contributed by atoms with E-state index in [1.165, 1.54) is 12.6 Å². The van der Waals surface area contributed by atoms with Gasteiger partial charge in [0, 0.05) is 24.9 Å². The summed E-state index contributed by atoms with van der Waals surface area (Å²) >= 11 is 4.86. The molecule has 0 saturated heterocycles. The molecule has 0 unspecified atom stereocenters. The summed E-state index contributed by atoms with van der Waals surface area (Å²) in [6.07, 6.45) is 12.9. The Bertz CT molecular complexity index is 962. The molecule has 2 aliphatic rings. The highest BCUT2D eigenvalue weighted by atomic mass is 32.1. The first kappa shape index (κ1) is 18.1. The van der Waals surface area contributed by atoms with Crippen molar-refractivity contribution in [1.82, 2.24) is 24.9 Å². The van der Waals surface area contributed by atoms with Gasteiger partial charge < -0.3 is 19.0 Å². The molecule has 0 fully saturated rings. The zero-order chi connectivity index (χ0) is 19.5. The quantitative estimate of drug-likeness (QED) is 0.825. The number of aromatic nitrogens is 3. The molecular weight excluding hydrogens is 380 g/mol. The van der Waals surface area contributed by atoms with Gasteiger partial charge in [-0.1, -0.05) is 10.5 Å². The molecular formula is C18H18N6O3S. The summed E-state index contributed by atoms with van der Waals surface area (Å²) in [4.78, 5) is 26.2. The van der Waals surface area contributed by atoms with Crippen LogP contribution in [0.1, 0.15) is 34.4 Å². The second kappa shape index (κ2) is 7.77. The maximum absolute atomic E-state index is 12.9. The van der Waals surface area contributed by atoms with Gasteiger partial charge in [-0.15, -0.1) is 0 Å². The van der Waals surface area contributed by atoms with Gasteiger partial charge in [0.25, 0.3) is 5.91 Å². The number of carbonyl (C=O) groups is 1. The number of carbonyl (C=O) groups excluding carboxylic acids is 1. The molecule has 0 spiro atoms. The van der Waals surface area contributed by atoms with Crippen LogP contribution in [0.4, 0.5) is 0 Å². The third kappa shape index (κ3) is 3.22. The number of methoxy groups -OCH3 is 1. The van der Waals surface area contributed by atoms with Crippen LogP contribution in [0.5, 0.6) is 0 Å². The van der Waals surface area contributed by atoms with Crippen LogP contribution >= 0.6 is 0 Å². The fourth-order valence-corrected chi connectivity index (χ4v) is 3.59. The van der Waals surface area contributed by atoms with Crippen molar-refractivity contribution in [2.75, 3.05) is 13.7 Å². The minimum Gasteiger partial charge on any atom is -0.495 e. The zero-order valence-electron chi connectivity index (χ0n) is 15.1. The number of rotatable bonds is 5. The van der Waals surface area contributed by atoms with Crippen molar-refractivity contribution in [3.63, 3.8) is 0 Å². The maximum atomic E-state index is 12.9. The van der Waals surface area contributed by atoms with E-state index in [4.69, 9.17) is 21.6 Å². The Balaban J connectivity index is 1.66. The Labute approximate surface area is 166 Å². The van der Waals surface area contributed by atoms with E-state index in [-0.39, 0.29) is 17.7 Å². The number of hydrogen-bond donors (Lipinski definition) is 1. The third-order valence-electron chi connectivity index (χ3n) is 4.77. The van der Waals surface area contributed by atoms with Gasteiger partial charge in [0.1, 0.15) is 11.5 Å². The smallest absolute Gasteiger partial charge is 0.291 e. The van der Waals surface area contributed by atoms with E-state index in [1.54, 1.807) is 35.6 Å². The lowest BCUT2D eigenvalue weighted by Crippen LogP contribution is -2.40. The minimum absolute atomic E-state index is 0.205. The van der Waals surface area contributed by atoms with Gasteiger partial charge in [0.05, 0.1) is 43.8 Å². The Morgan fingerprint density at radius 2 is 2.46 bits per heavy atom.